The molecule has 142 valence electrons. The fraction of sp³-hybridized carbons (Fsp3) is 0.875. The molecule has 0 N–H and O–H groups in total. The molecule has 0 saturated heterocycles. The second kappa shape index (κ2) is 22.7. The molecule has 0 fully saturated rings. The number of unbranched alkanes of at least 4 members (excludes halogenated alkanes) is 20. The zero-order valence-electron chi connectivity index (χ0n) is 16.7. The minimum Gasteiger partial charge on any atom is -0.0845 e. The SMILES string of the molecule is [CH]=CCCCCCCCCCCCCCCCCCCCCC[CH2]. The first-order valence-corrected chi connectivity index (χ1v) is 11.2. The Balaban J connectivity index is 2.94. The smallest absolute Gasteiger partial charge is 0.0348 e. The quantitative estimate of drug-likeness (QED) is 0.184. The van der Waals surface area contributed by atoms with Crippen LogP contribution >= 0.6 is 0 Å². The first-order chi connectivity index (χ1) is 11.9. The molecule has 2 radical (unpaired) electrons. The zero-order valence-corrected chi connectivity index (χ0v) is 16.7. The van der Waals surface area contributed by atoms with Crippen LogP contribution in [0, 0.1) is 13.5 Å². The lowest BCUT2D eigenvalue weighted by atomic mass is 10.0. The molecule has 0 aliphatic rings. The van der Waals surface area contributed by atoms with E-state index in [4.69, 9.17) is 6.58 Å². The van der Waals surface area contributed by atoms with Crippen molar-refractivity contribution in [3.05, 3.63) is 19.6 Å². The van der Waals surface area contributed by atoms with E-state index >= 15 is 0 Å². The summed E-state index contributed by atoms with van der Waals surface area (Å²) < 4.78 is 0. The van der Waals surface area contributed by atoms with Crippen molar-refractivity contribution in [1.29, 1.82) is 0 Å². The lowest BCUT2D eigenvalue weighted by molar-refractivity contribution is 0.522. The van der Waals surface area contributed by atoms with Gasteiger partial charge in [0.2, 0.25) is 0 Å². The molecule has 0 heteroatoms. The van der Waals surface area contributed by atoms with Gasteiger partial charge in [0, 0.05) is 0 Å². The van der Waals surface area contributed by atoms with Crippen LogP contribution in [0.4, 0.5) is 0 Å². The van der Waals surface area contributed by atoms with Crippen molar-refractivity contribution < 1.29 is 0 Å². The molecular formula is C24H46. The molecule has 0 spiro atoms. The predicted octanol–water partition coefficient (Wildman–Crippen LogP) is 9.00. The van der Waals surface area contributed by atoms with Gasteiger partial charge in [-0.3, -0.25) is 0 Å². The highest BCUT2D eigenvalue weighted by atomic mass is 14.0. The lowest BCUT2D eigenvalue weighted by Crippen LogP contribution is -1.84. The van der Waals surface area contributed by atoms with Gasteiger partial charge in [-0.15, -0.1) is 0 Å². The van der Waals surface area contributed by atoms with Crippen LogP contribution in [0.1, 0.15) is 135 Å². The van der Waals surface area contributed by atoms with Gasteiger partial charge >= 0.3 is 0 Å². The van der Waals surface area contributed by atoms with Crippen molar-refractivity contribution in [3.63, 3.8) is 0 Å². The van der Waals surface area contributed by atoms with Crippen molar-refractivity contribution in [2.45, 2.75) is 135 Å². The molecular weight excluding hydrogens is 288 g/mol. The topological polar surface area (TPSA) is 0 Å². The third kappa shape index (κ3) is 21.7. The largest absolute Gasteiger partial charge is 0.0845 e. The molecule has 0 bridgehead atoms. The van der Waals surface area contributed by atoms with Gasteiger partial charge in [0.25, 0.3) is 0 Å². The summed E-state index contributed by atoms with van der Waals surface area (Å²) >= 11 is 0. The molecule has 24 heavy (non-hydrogen) atoms. The Labute approximate surface area is 154 Å². The maximum absolute atomic E-state index is 5.38. The Hall–Kier alpha value is -0.260. The van der Waals surface area contributed by atoms with Crippen LogP contribution in [0.25, 0.3) is 0 Å². The van der Waals surface area contributed by atoms with Crippen LogP contribution in [0.15, 0.2) is 6.08 Å². The van der Waals surface area contributed by atoms with E-state index in [0.717, 1.165) is 12.8 Å². The average molecular weight is 335 g/mol. The summed E-state index contributed by atoms with van der Waals surface area (Å²) in [6.45, 7) is 9.28. The van der Waals surface area contributed by atoms with Crippen LogP contribution in [-0.4, -0.2) is 0 Å². The monoisotopic (exact) mass is 334 g/mol. The van der Waals surface area contributed by atoms with Gasteiger partial charge in [-0.2, -0.15) is 0 Å². The summed E-state index contributed by atoms with van der Waals surface area (Å²) in [5.41, 5.74) is 0. The van der Waals surface area contributed by atoms with Crippen LogP contribution in [0.5, 0.6) is 0 Å². The first-order valence-electron chi connectivity index (χ1n) is 11.2. The summed E-state index contributed by atoms with van der Waals surface area (Å²) in [4.78, 5) is 0. The Morgan fingerprint density at radius 2 is 0.667 bits per heavy atom. The Morgan fingerprint density at radius 1 is 0.417 bits per heavy atom. The third-order valence-corrected chi connectivity index (χ3v) is 5.12. The van der Waals surface area contributed by atoms with Gasteiger partial charge in [0.05, 0.1) is 0 Å². The van der Waals surface area contributed by atoms with Crippen molar-refractivity contribution in [2.24, 2.45) is 0 Å². The number of hydrogen-bond acceptors (Lipinski definition) is 0. The molecule has 0 saturated carbocycles. The minimum absolute atomic E-state index is 1.09. The van der Waals surface area contributed by atoms with Gasteiger partial charge in [0.15, 0.2) is 0 Å². The molecule has 0 aromatic carbocycles. The summed E-state index contributed by atoms with van der Waals surface area (Å²) in [5.74, 6) is 0. The Kier molecular flexibility index (Phi) is 22.5. The Morgan fingerprint density at radius 3 is 0.917 bits per heavy atom. The van der Waals surface area contributed by atoms with Gasteiger partial charge in [-0.25, -0.2) is 0 Å². The number of rotatable bonds is 21. The van der Waals surface area contributed by atoms with E-state index in [-0.39, 0.29) is 0 Å². The van der Waals surface area contributed by atoms with Crippen LogP contribution in [-0.2, 0) is 0 Å². The van der Waals surface area contributed by atoms with Gasteiger partial charge in [0.1, 0.15) is 0 Å². The molecule has 0 aliphatic carbocycles. The molecule has 0 aromatic rings. The summed E-state index contributed by atoms with van der Waals surface area (Å²) in [7, 11) is 0. The second-order valence-corrected chi connectivity index (χ2v) is 7.60. The highest BCUT2D eigenvalue weighted by Gasteiger charge is 1.95. The highest BCUT2D eigenvalue weighted by Crippen LogP contribution is 2.14. The fourth-order valence-corrected chi connectivity index (χ4v) is 3.44. The van der Waals surface area contributed by atoms with E-state index in [1.165, 1.54) is 122 Å². The van der Waals surface area contributed by atoms with E-state index in [1.54, 1.807) is 6.08 Å². The Bertz CT molecular complexity index is 218. The molecule has 0 aromatic heterocycles. The van der Waals surface area contributed by atoms with Crippen LogP contribution in [0.3, 0.4) is 0 Å². The van der Waals surface area contributed by atoms with Crippen molar-refractivity contribution >= 4 is 0 Å². The molecule has 0 heterocycles. The second-order valence-electron chi connectivity index (χ2n) is 7.60. The predicted molar refractivity (Wildman–Crippen MR) is 111 cm³/mol. The molecule has 0 aliphatic heterocycles. The first kappa shape index (κ1) is 23.7. The highest BCUT2D eigenvalue weighted by molar-refractivity contribution is 4.61. The molecule has 0 unspecified atom stereocenters. The van der Waals surface area contributed by atoms with Crippen molar-refractivity contribution in [1.82, 2.24) is 0 Å². The fourth-order valence-electron chi connectivity index (χ4n) is 3.44. The van der Waals surface area contributed by atoms with E-state index in [1.807, 2.05) is 0 Å². The molecule has 0 atom stereocenters. The average Bonchev–Trinajstić information content (AvgIpc) is 2.60. The van der Waals surface area contributed by atoms with E-state index in [0.29, 0.717) is 0 Å². The van der Waals surface area contributed by atoms with Gasteiger partial charge in [-0.1, -0.05) is 142 Å². The number of allylic oxidation sites excluding steroid dienone is 1. The third-order valence-electron chi connectivity index (χ3n) is 5.12. The van der Waals surface area contributed by atoms with Gasteiger partial charge in [-0.05, 0) is 12.8 Å². The summed E-state index contributed by atoms with van der Waals surface area (Å²) in [6, 6.07) is 0. The van der Waals surface area contributed by atoms with E-state index in [9.17, 15) is 0 Å². The van der Waals surface area contributed by atoms with Crippen molar-refractivity contribution in [3.8, 4) is 0 Å². The summed E-state index contributed by atoms with van der Waals surface area (Å²) in [6.07, 6.45) is 31.2. The standard InChI is InChI=1S/C24H46/c1-3-5-7-9-11-13-15-17-19-21-23-24-22-20-18-16-14-12-10-8-6-4-2/h1,3H,2,4-24H2. The zero-order chi connectivity index (χ0) is 17.6. The van der Waals surface area contributed by atoms with E-state index < -0.39 is 0 Å². The molecule has 0 rings (SSSR count). The summed E-state index contributed by atoms with van der Waals surface area (Å²) in [5, 5.41) is 0. The normalized spacial score (nSPS) is 11.0. The molecule has 0 amide bonds. The van der Waals surface area contributed by atoms with Gasteiger partial charge < -0.3 is 0 Å². The maximum Gasteiger partial charge on any atom is -0.0348 e. The lowest BCUT2D eigenvalue weighted by Gasteiger charge is -2.04. The molecule has 0 nitrogen and oxygen atoms in total. The maximum atomic E-state index is 5.38. The number of hydrogen-bond donors (Lipinski definition) is 0. The van der Waals surface area contributed by atoms with E-state index in [2.05, 4.69) is 6.92 Å². The van der Waals surface area contributed by atoms with Crippen LogP contribution < -0.4 is 0 Å². The minimum atomic E-state index is 1.09. The van der Waals surface area contributed by atoms with Crippen molar-refractivity contribution in [2.75, 3.05) is 0 Å². The van der Waals surface area contributed by atoms with Crippen LogP contribution in [0.2, 0.25) is 0 Å².